The summed E-state index contributed by atoms with van der Waals surface area (Å²) in [4.78, 5) is 12.7. The predicted molar refractivity (Wildman–Crippen MR) is 101 cm³/mol. The monoisotopic (exact) mass is 356 g/mol. The molecular weight excluding hydrogens is 328 g/mol. The van der Waals surface area contributed by atoms with Crippen LogP contribution in [-0.2, 0) is 16.6 Å². The van der Waals surface area contributed by atoms with E-state index in [0.29, 0.717) is 6.54 Å². The molecule has 1 amide bonds. The van der Waals surface area contributed by atoms with E-state index in [-0.39, 0.29) is 17.9 Å². The van der Waals surface area contributed by atoms with Gasteiger partial charge in [-0.2, -0.15) is 5.10 Å². The molecule has 1 aromatic carbocycles. The van der Waals surface area contributed by atoms with E-state index in [1.807, 2.05) is 13.2 Å². The van der Waals surface area contributed by atoms with E-state index in [0.717, 1.165) is 25.0 Å². The molecule has 6 heteroatoms. The fraction of sp³-hybridized carbons (Fsp3) is 0.500. The number of carbonyl (C=O) groups is 1. The fourth-order valence-corrected chi connectivity index (χ4v) is 3.55. The number of benzene rings is 1. The Morgan fingerprint density at radius 2 is 2.15 bits per heavy atom. The number of hydrogen-bond donors (Lipinski definition) is 2. The summed E-state index contributed by atoms with van der Waals surface area (Å²) in [5.41, 5.74) is 3.29. The van der Waals surface area contributed by atoms with Gasteiger partial charge in [0, 0.05) is 37.9 Å². The minimum absolute atomic E-state index is 0.0336. The summed E-state index contributed by atoms with van der Waals surface area (Å²) < 4.78 is 7.75. The lowest BCUT2D eigenvalue weighted by Crippen LogP contribution is -2.40. The van der Waals surface area contributed by atoms with Gasteiger partial charge in [-0.15, -0.1) is 0 Å². The maximum Gasteiger partial charge on any atom is 0.241 e. The quantitative estimate of drug-likeness (QED) is 0.833. The number of aromatic nitrogens is 2. The molecule has 0 bridgehead atoms. The maximum atomic E-state index is 12.7. The van der Waals surface area contributed by atoms with Crippen molar-refractivity contribution in [3.63, 3.8) is 0 Å². The molecule has 0 aliphatic carbocycles. The second-order valence-corrected chi connectivity index (χ2v) is 7.02. The van der Waals surface area contributed by atoms with Crippen molar-refractivity contribution in [2.45, 2.75) is 31.9 Å². The van der Waals surface area contributed by atoms with Crippen LogP contribution in [0.15, 0.2) is 36.7 Å². The lowest BCUT2D eigenvalue weighted by Gasteiger charge is -2.32. The summed E-state index contributed by atoms with van der Waals surface area (Å²) in [5.74, 6) is 0.246. The molecule has 0 spiro atoms. The van der Waals surface area contributed by atoms with Gasteiger partial charge >= 0.3 is 0 Å². The Morgan fingerprint density at radius 1 is 1.38 bits per heavy atom. The van der Waals surface area contributed by atoms with Gasteiger partial charge in [0.2, 0.25) is 5.91 Å². The van der Waals surface area contributed by atoms with Crippen molar-refractivity contribution in [1.82, 2.24) is 20.4 Å². The first-order chi connectivity index (χ1) is 12.6. The first-order valence-electron chi connectivity index (χ1n) is 9.20. The zero-order valence-electron chi connectivity index (χ0n) is 15.7. The van der Waals surface area contributed by atoms with E-state index in [1.54, 1.807) is 17.9 Å². The van der Waals surface area contributed by atoms with Crippen LogP contribution in [-0.4, -0.2) is 35.9 Å². The van der Waals surface area contributed by atoms with Gasteiger partial charge in [0.25, 0.3) is 0 Å². The smallest absolute Gasteiger partial charge is 0.241 e. The zero-order valence-corrected chi connectivity index (χ0v) is 15.7. The highest BCUT2D eigenvalue weighted by Crippen LogP contribution is 2.33. The third-order valence-corrected chi connectivity index (χ3v) is 5.00. The molecule has 1 aromatic heterocycles. The van der Waals surface area contributed by atoms with Crippen molar-refractivity contribution in [2.24, 2.45) is 13.0 Å². The van der Waals surface area contributed by atoms with Gasteiger partial charge in [0.15, 0.2) is 0 Å². The van der Waals surface area contributed by atoms with Gasteiger partial charge in [0.05, 0.1) is 12.3 Å². The molecule has 3 atom stereocenters. The highest BCUT2D eigenvalue weighted by atomic mass is 16.5. The second-order valence-electron chi connectivity index (χ2n) is 7.02. The minimum Gasteiger partial charge on any atom is -0.373 e. The van der Waals surface area contributed by atoms with E-state index < -0.39 is 6.04 Å². The van der Waals surface area contributed by atoms with Crippen LogP contribution in [0, 0.1) is 12.8 Å². The molecule has 3 rings (SSSR count). The van der Waals surface area contributed by atoms with Crippen LogP contribution in [0.2, 0.25) is 0 Å². The summed E-state index contributed by atoms with van der Waals surface area (Å²) in [5, 5.41) is 10.3. The Morgan fingerprint density at radius 3 is 2.81 bits per heavy atom. The first-order valence-corrected chi connectivity index (χ1v) is 9.20. The van der Waals surface area contributed by atoms with Gasteiger partial charge in [-0.25, -0.2) is 0 Å². The fourth-order valence-electron chi connectivity index (χ4n) is 3.55. The van der Waals surface area contributed by atoms with Crippen LogP contribution in [0.5, 0.6) is 0 Å². The third-order valence-electron chi connectivity index (χ3n) is 5.00. The van der Waals surface area contributed by atoms with Gasteiger partial charge in [-0.05, 0) is 32.4 Å². The van der Waals surface area contributed by atoms with Crippen molar-refractivity contribution in [1.29, 1.82) is 0 Å². The van der Waals surface area contributed by atoms with Crippen molar-refractivity contribution in [3.05, 3.63) is 53.3 Å². The molecule has 6 nitrogen and oxygen atoms in total. The van der Waals surface area contributed by atoms with E-state index in [2.05, 4.69) is 46.9 Å². The second kappa shape index (κ2) is 8.47. The average molecular weight is 356 g/mol. The number of carbonyl (C=O) groups excluding carboxylic acids is 1. The Bertz CT molecular complexity index is 726. The van der Waals surface area contributed by atoms with Gasteiger partial charge in [-0.3, -0.25) is 9.48 Å². The molecule has 0 radical (unpaired) electrons. The van der Waals surface area contributed by atoms with Crippen LogP contribution in [0.4, 0.5) is 0 Å². The predicted octanol–water partition coefficient (Wildman–Crippen LogP) is 2.27. The summed E-state index contributed by atoms with van der Waals surface area (Å²) in [7, 11) is 3.63. The molecule has 1 aliphatic heterocycles. The number of ether oxygens (including phenoxy) is 1. The van der Waals surface area contributed by atoms with Crippen LogP contribution >= 0.6 is 0 Å². The Balaban J connectivity index is 1.64. The standard InChI is InChI=1S/C20H28N4O2/c1-14-6-8-15(9-7-14)19-16(5-4-10-26-19)11-22-20(25)18(21-2)17-12-23-24(3)13-17/h6-9,12-13,16,18-19,21H,4-5,10-11H2,1-3H3,(H,22,25). The van der Waals surface area contributed by atoms with Gasteiger partial charge in [-0.1, -0.05) is 29.8 Å². The number of rotatable bonds is 6. The average Bonchev–Trinajstić information content (AvgIpc) is 3.07. The summed E-state index contributed by atoms with van der Waals surface area (Å²) in [6.07, 6.45) is 5.70. The van der Waals surface area contributed by atoms with Crippen LogP contribution in [0.25, 0.3) is 0 Å². The maximum absolute atomic E-state index is 12.7. The molecule has 0 saturated carbocycles. The highest BCUT2D eigenvalue weighted by Gasteiger charge is 2.29. The molecule has 3 unspecified atom stereocenters. The lowest BCUT2D eigenvalue weighted by molar-refractivity contribution is -0.124. The van der Waals surface area contributed by atoms with Gasteiger partial charge < -0.3 is 15.4 Å². The molecule has 1 saturated heterocycles. The third kappa shape index (κ3) is 4.31. The molecule has 1 aliphatic rings. The Hall–Kier alpha value is -2.18. The number of nitrogens with zero attached hydrogens (tertiary/aromatic N) is 2. The van der Waals surface area contributed by atoms with Crippen molar-refractivity contribution < 1.29 is 9.53 Å². The molecule has 26 heavy (non-hydrogen) atoms. The van der Waals surface area contributed by atoms with E-state index in [1.165, 1.54) is 11.1 Å². The van der Waals surface area contributed by atoms with Gasteiger partial charge in [0.1, 0.15) is 6.04 Å². The number of hydrogen-bond acceptors (Lipinski definition) is 4. The molecular formula is C20H28N4O2. The van der Waals surface area contributed by atoms with Crippen molar-refractivity contribution >= 4 is 5.91 Å². The molecule has 1 fully saturated rings. The van der Waals surface area contributed by atoms with E-state index >= 15 is 0 Å². The number of nitrogens with one attached hydrogen (secondary N) is 2. The molecule has 2 N–H and O–H groups in total. The van der Waals surface area contributed by atoms with Crippen LogP contribution in [0.1, 0.15) is 41.7 Å². The van der Waals surface area contributed by atoms with E-state index in [4.69, 9.17) is 4.74 Å². The molecule has 2 heterocycles. The normalized spacial score (nSPS) is 21.3. The summed E-state index contributed by atoms with van der Waals surface area (Å²) in [6.45, 7) is 3.47. The molecule has 2 aromatic rings. The minimum atomic E-state index is -0.397. The number of amides is 1. The topological polar surface area (TPSA) is 68.2 Å². The van der Waals surface area contributed by atoms with Crippen molar-refractivity contribution in [2.75, 3.05) is 20.2 Å². The van der Waals surface area contributed by atoms with Crippen molar-refractivity contribution in [3.8, 4) is 0 Å². The lowest BCUT2D eigenvalue weighted by atomic mass is 9.89. The van der Waals surface area contributed by atoms with Crippen LogP contribution < -0.4 is 10.6 Å². The zero-order chi connectivity index (χ0) is 18.5. The van der Waals surface area contributed by atoms with Crippen LogP contribution in [0.3, 0.4) is 0 Å². The number of aryl methyl sites for hydroxylation is 2. The highest BCUT2D eigenvalue weighted by molar-refractivity contribution is 5.83. The van der Waals surface area contributed by atoms with E-state index in [9.17, 15) is 4.79 Å². The SMILES string of the molecule is CNC(C(=O)NCC1CCCOC1c1ccc(C)cc1)c1cnn(C)c1. The number of likely N-dealkylation sites (N-methyl/N-ethyl adjacent to an activating group) is 1. The summed E-state index contributed by atoms with van der Waals surface area (Å²) >= 11 is 0. The molecule has 140 valence electrons. The summed E-state index contributed by atoms with van der Waals surface area (Å²) in [6, 6.07) is 8.09. The Kier molecular flexibility index (Phi) is 6.06. The Labute approximate surface area is 154 Å². The largest absolute Gasteiger partial charge is 0.373 e. The first kappa shape index (κ1) is 18.6.